The van der Waals surface area contributed by atoms with Crippen molar-refractivity contribution < 1.29 is 19.8 Å². The molecule has 0 fully saturated rings. The van der Waals surface area contributed by atoms with E-state index in [1.165, 1.54) is 0 Å². The third-order valence-corrected chi connectivity index (χ3v) is 8.08. The number of hydrogen-bond donors (Lipinski definition) is 3. The molecule has 8 nitrogen and oxygen atoms in total. The predicted octanol–water partition coefficient (Wildman–Crippen LogP) is 8.24. The number of aromatic carboxylic acids is 2. The highest BCUT2D eigenvalue weighted by atomic mass is 35.5. The number of alkyl halides is 1. The third kappa shape index (κ3) is 8.99. The second-order valence-electron chi connectivity index (χ2n) is 9.39. The minimum Gasteiger partial charge on any atom is -0.477 e. The second kappa shape index (κ2) is 15.1. The molecule has 0 saturated carbocycles. The summed E-state index contributed by atoms with van der Waals surface area (Å²) in [6.07, 6.45) is 3.49. The molecule has 220 valence electrons. The van der Waals surface area contributed by atoms with E-state index in [0.29, 0.717) is 18.1 Å². The van der Waals surface area contributed by atoms with Crippen molar-refractivity contribution in [1.82, 2.24) is 19.5 Å². The van der Waals surface area contributed by atoms with Crippen molar-refractivity contribution in [3.05, 3.63) is 130 Å². The van der Waals surface area contributed by atoms with Crippen LogP contribution in [0.25, 0.3) is 21.1 Å². The van der Waals surface area contributed by atoms with Gasteiger partial charge >= 0.3 is 11.9 Å². The number of thiazole rings is 2. The number of carboxylic acid groups (broad SMARTS) is 2. The van der Waals surface area contributed by atoms with Crippen LogP contribution in [0.2, 0.25) is 0 Å². The van der Waals surface area contributed by atoms with Crippen molar-refractivity contribution in [3.8, 4) is 21.1 Å². The van der Waals surface area contributed by atoms with Gasteiger partial charge in [-0.05, 0) is 37.1 Å². The van der Waals surface area contributed by atoms with Crippen LogP contribution < -0.4 is 0 Å². The Morgan fingerprint density at radius 2 is 1.37 bits per heavy atom. The van der Waals surface area contributed by atoms with Crippen LogP contribution in [0.1, 0.15) is 43.5 Å². The van der Waals surface area contributed by atoms with Crippen LogP contribution in [-0.2, 0) is 12.4 Å². The smallest absolute Gasteiger partial charge is 0.352 e. The number of carbonyl (C=O) groups is 2. The minimum atomic E-state index is -0.915. The fourth-order valence-electron chi connectivity index (χ4n) is 3.94. The van der Waals surface area contributed by atoms with Gasteiger partial charge in [0.25, 0.3) is 0 Å². The SMILES string of the molecule is Cc1c[nH]c(C(=O)O)c1.Cc1cc(C(=O)O)n(Cc2csc(-c3ccccc3)n2)c1.ClCc1csc(-c2ccccc2)n1. The Balaban J connectivity index is 0.000000163. The minimum absolute atomic E-state index is 0.243. The largest absolute Gasteiger partial charge is 0.477 e. The van der Waals surface area contributed by atoms with Crippen LogP contribution in [-0.4, -0.2) is 41.7 Å². The molecule has 4 aromatic heterocycles. The summed E-state index contributed by atoms with van der Waals surface area (Å²) >= 11 is 8.87. The summed E-state index contributed by atoms with van der Waals surface area (Å²) in [5.41, 5.74) is 6.47. The Labute approximate surface area is 261 Å². The molecule has 0 aliphatic rings. The van der Waals surface area contributed by atoms with Gasteiger partial charge in [-0.15, -0.1) is 34.3 Å². The number of aromatic nitrogens is 4. The highest BCUT2D eigenvalue weighted by Crippen LogP contribution is 2.25. The summed E-state index contributed by atoms with van der Waals surface area (Å²) in [7, 11) is 0. The molecule has 0 bridgehead atoms. The number of hydrogen-bond acceptors (Lipinski definition) is 6. The number of H-pyrrole nitrogens is 1. The summed E-state index contributed by atoms with van der Waals surface area (Å²) in [5.74, 6) is -1.34. The van der Waals surface area contributed by atoms with Crippen LogP contribution >= 0.6 is 34.3 Å². The lowest BCUT2D eigenvalue weighted by atomic mass is 10.2. The maximum absolute atomic E-state index is 11.2. The number of carboxylic acids is 2. The molecular formula is C32H29ClN4O4S2. The van der Waals surface area contributed by atoms with Gasteiger partial charge in [0, 0.05) is 34.3 Å². The predicted molar refractivity (Wildman–Crippen MR) is 172 cm³/mol. The highest BCUT2D eigenvalue weighted by Gasteiger charge is 2.13. The topological polar surface area (TPSA) is 121 Å². The lowest BCUT2D eigenvalue weighted by Gasteiger charge is -2.03. The Morgan fingerprint density at radius 3 is 1.81 bits per heavy atom. The number of aryl methyl sites for hydroxylation is 2. The van der Waals surface area contributed by atoms with Gasteiger partial charge in [-0.25, -0.2) is 19.6 Å². The van der Waals surface area contributed by atoms with Crippen molar-refractivity contribution in [2.45, 2.75) is 26.3 Å². The fourth-order valence-corrected chi connectivity index (χ4v) is 5.81. The first-order chi connectivity index (χ1) is 20.7. The molecule has 3 N–H and O–H groups in total. The molecule has 2 aromatic carbocycles. The Kier molecular flexibility index (Phi) is 11.0. The molecule has 6 aromatic rings. The monoisotopic (exact) mass is 632 g/mol. The Bertz CT molecular complexity index is 1780. The summed E-state index contributed by atoms with van der Waals surface area (Å²) in [5, 5.41) is 23.5. The summed E-state index contributed by atoms with van der Waals surface area (Å²) in [6, 6.07) is 23.4. The number of nitrogens with one attached hydrogen (secondary N) is 1. The van der Waals surface area contributed by atoms with Gasteiger partial charge < -0.3 is 19.8 Å². The van der Waals surface area contributed by atoms with E-state index >= 15 is 0 Å². The van der Waals surface area contributed by atoms with Crippen molar-refractivity contribution in [1.29, 1.82) is 0 Å². The number of aromatic amines is 1. The molecule has 0 atom stereocenters. The zero-order valence-corrected chi connectivity index (χ0v) is 25.8. The zero-order chi connectivity index (χ0) is 30.8. The molecule has 11 heteroatoms. The number of benzene rings is 2. The maximum Gasteiger partial charge on any atom is 0.352 e. The van der Waals surface area contributed by atoms with Crippen LogP contribution in [0.5, 0.6) is 0 Å². The van der Waals surface area contributed by atoms with E-state index in [-0.39, 0.29) is 5.69 Å². The number of halogens is 1. The molecule has 0 amide bonds. The van der Waals surface area contributed by atoms with E-state index < -0.39 is 11.9 Å². The first kappa shape index (κ1) is 31.4. The van der Waals surface area contributed by atoms with Crippen LogP contribution in [0.4, 0.5) is 0 Å². The van der Waals surface area contributed by atoms with Crippen molar-refractivity contribution in [2.24, 2.45) is 0 Å². The molecule has 6 rings (SSSR count). The molecule has 0 aliphatic heterocycles. The van der Waals surface area contributed by atoms with E-state index in [1.807, 2.05) is 79.3 Å². The normalized spacial score (nSPS) is 10.3. The molecular weight excluding hydrogens is 604 g/mol. The number of rotatable bonds is 7. The molecule has 0 saturated heterocycles. The van der Waals surface area contributed by atoms with Crippen molar-refractivity contribution >= 4 is 46.2 Å². The summed E-state index contributed by atoms with van der Waals surface area (Å²) in [6.45, 7) is 4.20. The zero-order valence-electron chi connectivity index (χ0n) is 23.4. The Morgan fingerprint density at radius 1 is 0.814 bits per heavy atom. The first-order valence-corrected chi connectivity index (χ1v) is 15.4. The molecule has 0 aliphatic carbocycles. The van der Waals surface area contributed by atoms with E-state index in [0.717, 1.165) is 43.7 Å². The van der Waals surface area contributed by atoms with Crippen molar-refractivity contribution in [3.63, 3.8) is 0 Å². The van der Waals surface area contributed by atoms with Gasteiger partial charge in [-0.2, -0.15) is 0 Å². The van der Waals surface area contributed by atoms with Gasteiger partial charge in [-0.1, -0.05) is 60.7 Å². The first-order valence-electron chi connectivity index (χ1n) is 13.1. The molecule has 4 heterocycles. The lowest BCUT2D eigenvalue weighted by molar-refractivity contribution is 0.0677. The maximum atomic E-state index is 11.2. The van der Waals surface area contributed by atoms with Crippen LogP contribution in [0.3, 0.4) is 0 Å². The third-order valence-electron chi connectivity index (χ3n) is 5.92. The van der Waals surface area contributed by atoms with Crippen LogP contribution in [0, 0.1) is 13.8 Å². The second-order valence-corrected chi connectivity index (χ2v) is 11.4. The molecule has 0 spiro atoms. The van der Waals surface area contributed by atoms with Crippen molar-refractivity contribution in [2.75, 3.05) is 0 Å². The number of nitrogens with zero attached hydrogens (tertiary/aromatic N) is 3. The average Bonchev–Trinajstić information content (AvgIpc) is 3.82. The standard InChI is InChI=1S/C16H14N2O2S.C10H8ClNS.C6H7NO2/c1-11-7-14(16(19)20)18(8-11)9-13-10-21-15(17-13)12-5-3-2-4-6-12;11-6-9-7-13-10(12-9)8-4-2-1-3-5-8;1-4-2-5(6(8)9)7-3-4/h2-8,10H,9H2,1H3,(H,19,20);1-5,7H,6H2;2-3,7H,1H3,(H,8,9). The van der Waals surface area contributed by atoms with E-state index in [1.54, 1.807) is 45.6 Å². The van der Waals surface area contributed by atoms with Gasteiger partial charge in [0.05, 0.1) is 23.8 Å². The molecule has 43 heavy (non-hydrogen) atoms. The molecule has 0 unspecified atom stereocenters. The van der Waals surface area contributed by atoms with E-state index in [4.69, 9.17) is 16.7 Å². The van der Waals surface area contributed by atoms with E-state index in [2.05, 4.69) is 27.1 Å². The highest BCUT2D eigenvalue weighted by molar-refractivity contribution is 7.13. The van der Waals surface area contributed by atoms with Gasteiger partial charge in [-0.3, -0.25) is 0 Å². The summed E-state index contributed by atoms with van der Waals surface area (Å²) in [4.78, 5) is 33.0. The Hall–Kier alpha value is -4.51. The van der Waals surface area contributed by atoms with Gasteiger partial charge in [0.1, 0.15) is 21.4 Å². The average molecular weight is 633 g/mol. The van der Waals surface area contributed by atoms with Crippen LogP contribution in [0.15, 0.2) is 96.0 Å². The van der Waals surface area contributed by atoms with Gasteiger partial charge in [0.15, 0.2) is 0 Å². The quantitative estimate of drug-likeness (QED) is 0.152. The summed E-state index contributed by atoms with van der Waals surface area (Å²) < 4.78 is 1.72. The molecule has 0 radical (unpaired) electrons. The fraction of sp³-hybridized carbons (Fsp3) is 0.125. The van der Waals surface area contributed by atoms with E-state index in [9.17, 15) is 14.7 Å². The lowest BCUT2D eigenvalue weighted by Crippen LogP contribution is -2.08. The van der Waals surface area contributed by atoms with Gasteiger partial charge in [0.2, 0.25) is 0 Å².